The Hall–Kier alpha value is -3.69. The Labute approximate surface area is 212 Å². The Morgan fingerprint density at radius 2 is 1.64 bits per heavy atom. The number of methoxy groups -OCH3 is 2. The van der Waals surface area contributed by atoms with Crippen LogP contribution in [0, 0.1) is 0 Å². The minimum atomic E-state index is -4.02. The summed E-state index contributed by atoms with van der Waals surface area (Å²) in [6.07, 6.45) is 2.89. The molecule has 0 heterocycles. The third-order valence-electron chi connectivity index (χ3n) is 5.60. The van der Waals surface area contributed by atoms with Crippen molar-refractivity contribution < 1.29 is 22.7 Å². The van der Waals surface area contributed by atoms with E-state index in [4.69, 9.17) is 9.47 Å². The first kappa shape index (κ1) is 26.9. The van der Waals surface area contributed by atoms with E-state index in [9.17, 15) is 13.2 Å². The Kier molecular flexibility index (Phi) is 9.61. The largest absolute Gasteiger partial charge is 0.493 e. The van der Waals surface area contributed by atoms with Crippen molar-refractivity contribution in [1.29, 1.82) is 0 Å². The summed E-state index contributed by atoms with van der Waals surface area (Å²) in [5, 5.41) is 3.99. The summed E-state index contributed by atoms with van der Waals surface area (Å²) >= 11 is 0. The van der Waals surface area contributed by atoms with Gasteiger partial charge in [0.25, 0.3) is 5.91 Å². The first-order valence-electron chi connectivity index (χ1n) is 11.5. The van der Waals surface area contributed by atoms with Gasteiger partial charge in [0.15, 0.2) is 11.5 Å². The van der Waals surface area contributed by atoms with E-state index in [2.05, 4.69) is 17.5 Å². The van der Waals surface area contributed by atoms with Crippen LogP contribution in [0.2, 0.25) is 0 Å². The average Bonchev–Trinajstić information content (AvgIpc) is 2.91. The number of nitrogens with one attached hydrogen (secondary N) is 1. The Morgan fingerprint density at radius 3 is 2.28 bits per heavy atom. The number of sulfonamides is 1. The van der Waals surface area contributed by atoms with E-state index < -0.39 is 22.5 Å². The Morgan fingerprint density at radius 1 is 0.944 bits per heavy atom. The lowest BCUT2D eigenvalue weighted by Crippen LogP contribution is -2.40. The highest BCUT2D eigenvalue weighted by Gasteiger charge is 2.27. The van der Waals surface area contributed by atoms with Gasteiger partial charge in [-0.05, 0) is 41.7 Å². The molecule has 3 aromatic rings. The second kappa shape index (κ2) is 12.9. The molecule has 0 radical (unpaired) electrons. The fourth-order valence-corrected chi connectivity index (χ4v) is 4.94. The minimum Gasteiger partial charge on any atom is -0.493 e. The van der Waals surface area contributed by atoms with E-state index in [1.807, 2.05) is 54.6 Å². The van der Waals surface area contributed by atoms with Crippen LogP contribution in [0.15, 0.2) is 82.8 Å². The van der Waals surface area contributed by atoms with Gasteiger partial charge >= 0.3 is 0 Å². The van der Waals surface area contributed by atoms with E-state index in [0.29, 0.717) is 12.2 Å². The quantitative estimate of drug-likeness (QED) is 0.297. The van der Waals surface area contributed by atoms with Crippen LogP contribution in [0.5, 0.6) is 11.5 Å². The van der Waals surface area contributed by atoms with Crippen molar-refractivity contribution in [3.05, 3.63) is 89.5 Å². The van der Waals surface area contributed by atoms with E-state index in [-0.39, 0.29) is 17.2 Å². The fourth-order valence-electron chi connectivity index (χ4n) is 3.52. The van der Waals surface area contributed by atoms with Crippen molar-refractivity contribution in [2.24, 2.45) is 5.10 Å². The zero-order valence-corrected chi connectivity index (χ0v) is 21.5. The molecule has 3 rings (SSSR count). The number of carbonyl (C=O) groups is 1. The van der Waals surface area contributed by atoms with Gasteiger partial charge in [0.1, 0.15) is 0 Å². The third kappa shape index (κ3) is 7.16. The van der Waals surface area contributed by atoms with Crippen LogP contribution in [0.3, 0.4) is 0 Å². The van der Waals surface area contributed by atoms with Gasteiger partial charge < -0.3 is 9.47 Å². The average molecular weight is 510 g/mol. The van der Waals surface area contributed by atoms with Crippen molar-refractivity contribution in [3.8, 4) is 11.5 Å². The van der Waals surface area contributed by atoms with Crippen molar-refractivity contribution in [1.82, 2.24) is 9.73 Å². The second-order valence-corrected chi connectivity index (χ2v) is 9.92. The Balaban J connectivity index is 1.78. The lowest BCUT2D eigenvalue weighted by atomic mass is 10.1. The SMILES string of the molecule is CCc1ccc(/C=N\NC(=O)CN(CCc2ccccc2)S(=O)(=O)c2ccc(OC)c(OC)c2)cc1. The number of hydrazone groups is 1. The van der Waals surface area contributed by atoms with Gasteiger partial charge in [-0.1, -0.05) is 61.5 Å². The molecule has 0 aliphatic heterocycles. The molecule has 0 atom stereocenters. The van der Waals surface area contributed by atoms with Gasteiger partial charge in [0.05, 0.1) is 31.9 Å². The van der Waals surface area contributed by atoms with E-state index in [1.165, 1.54) is 44.2 Å². The van der Waals surface area contributed by atoms with Crippen LogP contribution in [0.1, 0.15) is 23.6 Å². The highest BCUT2D eigenvalue weighted by atomic mass is 32.2. The van der Waals surface area contributed by atoms with Gasteiger partial charge in [0, 0.05) is 12.6 Å². The third-order valence-corrected chi connectivity index (χ3v) is 7.44. The summed E-state index contributed by atoms with van der Waals surface area (Å²) in [5.41, 5.74) is 5.41. The van der Waals surface area contributed by atoms with Crippen LogP contribution >= 0.6 is 0 Å². The molecular formula is C27H31N3O5S. The van der Waals surface area contributed by atoms with Crippen molar-refractivity contribution in [2.75, 3.05) is 27.3 Å². The summed E-state index contributed by atoms with van der Waals surface area (Å²) in [6, 6.07) is 21.6. The number of amides is 1. The fraction of sp³-hybridized carbons (Fsp3) is 0.259. The Bertz CT molecular complexity index is 1280. The first-order valence-corrected chi connectivity index (χ1v) is 13.0. The van der Waals surface area contributed by atoms with E-state index >= 15 is 0 Å². The predicted molar refractivity (Wildman–Crippen MR) is 140 cm³/mol. The molecule has 1 N–H and O–H groups in total. The smallest absolute Gasteiger partial charge is 0.255 e. The standard InChI is InChI=1S/C27H31N3O5S/c1-4-21-10-12-23(13-11-21)19-28-29-27(31)20-30(17-16-22-8-6-5-7-9-22)36(32,33)24-14-15-25(34-2)26(18-24)35-3/h5-15,18-19H,4,16-17,20H2,1-3H3,(H,29,31)/b28-19-. The molecule has 8 nitrogen and oxygen atoms in total. The monoisotopic (exact) mass is 509 g/mol. The van der Waals surface area contributed by atoms with Crippen molar-refractivity contribution >= 4 is 22.1 Å². The molecule has 1 amide bonds. The molecule has 3 aromatic carbocycles. The molecule has 0 saturated carbocycles. The molecule has 9 heteroatoms. The van der Waals surface area contributed by atoms with Crippen LogP contribution in [0.25, 0.3) is 0 Å². The van der Waals surface area contributed by atoms with Gasteiger partial charge in [-0.15, -0.1) is 0 Å². The molecular weight excluding hydrogens is 478 g/mol. The van der Waals surface area contributed by atoms with Crippen LogP contribution in [0.4, 0.5) is 0 Å². The number of aryl methyl sites for hydroxylation is 1. The minimum absolute atomic E-state index is 0.000488. The molecule has 0 aliphatic rings. The highest BCUT2D eigenvalue weighted by molar-refractivity contribution is 7.89. The zero-order chi connectivity index (χ0) is 26.0. The van der Waals surface area contributed by atoms with Gasteiger partial charge in [-0.3, -0.25) is 4.79 Å². The number of benzene rings is 3. The van der Waals surface area contributed by atoms with E-state index in [1.54, 1.807) is 0 Å². The molecule has 36 heavy (non-hydrogen) atoms. The van der Waals surface area contributed by atoms with Crippen molar-refractivity contribution in [3.63, 3.8) is 0 Å². The lowest BCUT2D eigenvalue weighted by molar-refractivity contribution is -0.121. The number of hydrogen-bond acceptors (Lipinski definition) is 6. The van der Waals surface area contributed by atoms with Gasteiger partial charge in [-0.25, -0.2) is 13.8 Å². The summed E-state index contributed by atoms with van der Waals surface area (Å²) in [6.45, 7) is 1.79. The number of carbonyl (C=O) groups excluding carboxylic acids is 1. The van der Waals surface area contributed by atoms with Gasteiger partial charge in [-0.2, -0.15) is 9.41 Å². The molecule has 190 valence electrons. The van der Waals surface area contributed by atoms with Crippen LogP contribution in [-0.2, 0) is 27.7 Å². The molecule has 0 unspecified atom stereocenters. The maximum atomic E-state index is 13.5. The second-order valence-electron chi connectivity index (χ2n) is 7.98. The topological polar surface area (TPSA) is 97.3 Å². The predicted octanol–water partition coefficient (Wildman–Crippen LogP) is 3.65. The number of hydrogen-bond donors (Lipinski definition) is 1. The molecule has 0 fully saturated rings. The molecule has 0 aliphatic carbocycles. The maximum absolute atomic E-state index is 13.5. The van der Waals surface area contributed by atoms with Crippen LogP contribution in [-0.4, -0.2) is 52.2 Å². The summed E-state index contributed by atoms with van der Waals surface area (Å²) in [4.78, 5) is 12.7. The number of ether oxygens (including phenoxy) is 2. The number of rotatable bonds is 12. The highest BCUT2D eigenvalue weighted by Crippen LogP contribution is 2.30. The first-order chi connectivity index (χ1) is 17.4. The van der Waals surface area contributed by atoms with Crippen molar-refractivity contribution in [2.45, 2.75) is 24.7 Å². The van der Waals surface area contributed by atoms with Gasteiger partial charge in [0.2, 0.25) is 10.0 Å². The summed E-state index contributed by atoms with van der Waals surface area (Å²) in [5.74, 6) is 0.143. The summed E-state index contributed by atoms with van der Waals surface area (Å²) in [7, 11) is -1.12. The zero-order valence-electron chi connectivity index (χ0n) is 20.7. The lowest BCUT2D eigenvalue weighted by Gasteiger charge is -2.22. The number of nitrogens with zero attached hydrogens (tertiary/aromatic N) is 2. The molecule has 0 aromatic heterocycles. The van der Waals surface area contributed by atoms with E-state index in [0.717, 1.165) is 21.9 Å². The summed E-state index contributed by atoms with van der Waals surface area (Å²) < 4.78 is 38.7. The molecule has 0 spiro atoms. The van der Waals surface area contributed by atoms with Crippen LogP contribution < -0.4 is 14.9 Å². The normalized spacial score (nSPS) is 11.6. The molecule has 0 bridgehead atoms. The maximum Gasteiger partial charge on any atom is 0.255 e. The molecule has 0 saturated heterocycles.